The van der Waals surface area contributed by atoms with Gasteiger partial charge in [-0.3, -0.25) is 10.8 Å². The standard InChI is InChI=1S/C11H12ClN3O/c12-9-7-14-4-3-8(9)6-10(15-13)11-2-1-5-16-11/h1-5,7,10,15H,6,13H2. The minimum Gasteiger partial charge on any atom is -0.468 e. The fourth-order valence-corrected chi connectivity index (χ4v) is 1.72. The van der Waals surface area contributed by atoms with Gasteiger partial charge in [-0.15, -0.1) is 0 Å². The van der Waals surface area contributed by atoms with Crippen LogP contribution in [0.1, 0.15) is 17.4 Å². The van der Waals surface area contributed by atoms with Gasteiger partial charge in [0.1, 0.15) is 5.76 Å². The van der Waals surface area contributed by atoms with E-state index in [-0.39, 0.29) is 6.04 Å². The summed E-state index contributed by atoms with van der Waals surface area (Å²) in [5, 5.41) is 0.634. The molecule has 5 heteroatoms. The average molecular weight is 238 g/mol. The molecule has 3 N–H and O–H groups in total. The van der Waals surface area contributed by atoms with Gasteiger partial charge in [-0.25, -0.2) is 5.43 Å². The van der Waals surface area contributed by atoms with Crippen molar-refractivity contribution in [1.82, 2.24) is 10.4 Å². The largest absolute Gasteiger partial charge is 0.468 e. The number of nitrogens with two attached hydrogens (primary N) is 1. The molecule has 0 aromatic carbocycles. The summed E-state index contributed by atoms with van der Waals surface area (Å²) in [6.45, 7) is 0. The van der Waals surface area contributed by atoms with Gasteiger partial charge in [0.05, 0.1) is 17.3 Å². The molecule has 0 aliphatic carbocycles. The van der Waals surface area contributed by atoms with Crippen LogP contribution in [0.4, 0.5) is 0 Å². The third-order valence-electron chi connectivity index (χ3n) is 2.37. The van der Waals surface area contributed by atoms with Crippen molar-refractivity contribution >= 4 is 11.6 Å². The van der Waals surface area contributed by atoms with Crippen LogP contribution >= 0.6 is 11.6 Å². The van der Waals surface area contributed by atoms with Crippen LogP contribution in [0.25, 0.3) is 0 Å². The lowest BCUT2D eigenvalue weighted by Gasteiger charge is -2.13. The van der Waals surface area contributed by atoms with E-state index in [0.717, 1.165) is 11.3 Å². The molecule has 0 saturated heterocycles. The zero-order valence-electron chi connectivity index (χ0n) is 8.56. The molecule has 0 fully saturated rings. The summed E-state index contributed by atoms with van der Waals surface area (Å²) in [4.78, 5) is 3.93. The number of rotatable bonds is 4. The van der Waals surface area contributed by atoms with Crippen molar-refractivity contribution in [1.29, 1.82) is 0 Å². The van der Waals surface area contributed by atoms with Crippen molar-refractivity contribution in [2.75, 3.05) is 0 Å². The number of hydrazine groups is 1. The van der Waals surface area contributed by atoms with Crippen molar-refractivity contribution in [3.63, 3.8) is 0 Å². The summed E-state index contributed by atoms with van der Waals surface area (Å²) in [5.74, 6) is 6.28. The zero-order valence-corrected chi connectivity index (χ0v) is 9.32. The van der Waals surface area contributed by atoms with Gasteiger partial charge in [0, 0.05) is 12.4 Å². The highest BCUT2D eigenvalue weighted by Crippen LogP contribution is 2.22. The number of hydrogen-bond donors (Lipinski definition) is 2. The third-order valence-corrected chi connectivity index (χ3v) is 2.71. The van der Waals surface area contributed by atoms with Gasteiger partial charge in [0.2, 0.25) is 0 Å². The van der Waals surface area contributed by atoms with Crippen LogP contribution in [0.5, 0.6) is 0 Å². The predicted molar refractivity (Wildman–Crippen MR) is 61.7 cm³/mol. The van der Waals surface area contributed by atoms with Gasteiger partial charge in [-0.05, 0) is 30.2 Å². The number of aromatic nitrogens is 1. The van der Waals surface area contributed by atoms with Crippen molar-refractivity contribution in [3.8, 4) is 0 Å². The second-order valence-corrected chi connectivity index (χ2v) is 3.81. The molecule has 0 bridgehead atoms. The van der Waals surface area contributed by atoms with E-state index in [1.807, 2.05) is 18.2 Å². The summed E-state index contributed by atoms with van der Waals surface area (Å²) in [5.41, 5.74) is 3.69. The third kappa shape index (κ3) is 2.41. The van der Waals surface area contributed by atoms with Crippen LogP contribution in [0.3, 0.4) is 0 Å². The van der Waals surface area contributed by atoms with Crippen LogP contribution in [0.15, 0.2) is 41.3 Å². The highest BCUT2D eigenvalue weighted by molar-refractivity contribution is 6.31. The van der Waals surface area contributed by atoms with Crippen LogP contribution in [-0.2, 0) is 6.42 Å². The Bertz CT molecular complexity index is 444. The molecular formula is C11H12ClN3O. The fourth-order valence-electron chi connectivity index (χ4n) is 1.52. The maximum atomic E-state index is 6.02. The molecular weight excluding hydrogens is 226 g/mol. The summed E-state index contributed by atoms with van der Waals surface area (Å²) in [6.07, 6.45) is 5.60. The van der Waals surface area contributed by atoms with E-state index in [2.05, 4.69) is 10.4 Å². The molecule has 0 aliphatic heterocycles. The van der Waals surface area contributed by atoms with Gasteiger partial charge >= 0.3 is 0 Å². The Kier molecular flexibility index (Phi) is 3.56. The zero-order chi connectivity index (χ0) is 11.4. The molecule has 0 aliphatic rings. The molecule has 0 radical (unpaired) electrons. The molecule has 1 unspecified atom stereocenters. The molecule has 2 aromatic rings. The lowest BCUT2D eigenvalue weighted by atomic mass is 10.1. The normalized spacial score (nSPS) is 12.6. The number of halogens is 1. The van der Waals surface area contributed by atoms with E-state index in [4.69, 9.17) is 21.9 Å². The van der Waals surface area contributed by atoms with Gasteiger partial charge in [0.15, 0.2) is 0 Å². The van der Waals surface area contributed by atoms with E-state index in [9.17, 15) is 0 Å². The SMILES string of the molecule is NNC(Cc1ccncc1Cl)c1ccco1. The first-order valence-electron chi connectivity index (χ1n) is 4.89. The lowest BCUT2D eigenvalue weighted by molar-refractivity contribution is 0.416. The molecule has 2 heterocycles. The molecule has 0 amide bonds. The topological polar surface area (TPSA) is 64.1 Å². The number of hydrogen-bond acceptors (Lipinski definition) is 4. The van der Waals surface area contributed by atoms with Crippen LogP contribution in [0.2, 0.25) is 5.02 Å². The summed E-state index contributed by atoms with van der Waals surface area (Å²) in [6, 6.07) is 5.48. The smallest absolute Gasteiger partial charge is 0.122 e. The molecule has 16 heavy (non-hydrogen) atoms. The number of nitrogens with zero attached hydrogens (tertiary/aromatic N) is 1. The Morgan fingerprint density at radius 1 is 1.50 bits per heavy atom. The Morgan fingerprint density at radius 3 is 3.00 bits per heavy atom. The summed E-state index contributed by atoms with van der Waals surface area (Å²) >= 11 is 6.02. The van der Waals surface area contributed by atoms with Gasteiger partial charge in [-0.2, -0.15) is 0 Å². The Hall–Kier alpha value is -1.36. The first-order chi connectivity index (χ1) is 7.81. The van der Waals surface area contributed by atoms with Crippen LogP contribution in [-0.4, -0.2) is 4.98 Å². The minimum atomic E-state index is -0.0881. The van der Waals surface area contributed by atoms with Crippen LogP contribution < -0.4 is 11.3 Å². The van der Waals surface area contributed by atoms with E-state index in [1.54, 1.807) is 18.7 Å². The summed E-state index contributed by atoms with van der Waals surface area (Å²) < 4.78 is 5.30. The molecule has 84 valence electrons. The van der Waals surface area contributed by atoms with Gasteiger partial charge < -0.3 is 4.42 Å². The van der Waals surface area contributed by atoms with Crippen LogP contribution in [0, 0.1) is 0 Å². The van der Waals surface area contributed by atoms with E-state index in [1.165, 1.54) is 0 Å². The first-order valence-corrected chi connectivity index (χ1v) is 5.27. The molecule has 2 aromatic heterocycles. The maximum Gasteiger partial charge on any atom is 0.122 e. The second-order valence-electron chi connectivity index (χ2n) is 3.41. The Balaban J connectivity index is 2.17. The average Bonchev–Trinajstić information content (AvgIpc) is 2.81. The highest BCUT2D eigenvalue weighted by Gasteiger charge is 2.14. The van der Waals surface area contributed by atoms with Gasteiger partial charge in [-0.1, -0.05) is 11.6 Å². The van der Waals surface area contributed by atoms with E-state index in [0.29, 0.717) is 11.4 Å². The van der Waals surface area contributed by atoms with Crippen molar-refractivity contribution in [3.05, 3.63) is 53.2 Å². The fraction of sp³-hybridized carbons (Fsp3) is 0.182. The molecule has 2 rings (SSSR count). The number of nitrogens with one attached hydrogen (secondary N) is 1. The first kappa shape index (κ1) is 11.1. The van der Waals surface area contributed by atoms with Crippen molar-refractivity contribution < 1.29 is 4.42 Å². The Labute approximate surface area is 98.4 Å². The van der Waals surface area contributed by atoms with E-state index >= 15 is 0 Å². The minimum absolute atomic E-state index is 0.0881. The molecule has 0 spiro atoms. The lowest BCUT2D eigenvalue weighted by Crippen LogP contribution is -2.29. The maximum absolute atomic E-state index is 6.02. The van der Waals surface area contributed by atoms with Gasteiger partial charge in [0.25, 0.3) is 0 Å². The quantitative estimate of drug-likeness (QED) is 0.631. The number of furan rings is 1. The Morgan fingerprint density at radius 2 is 2.38 bits per heavy atom. The monoisotopic (exact) mass is 237 g/mol. The summed E-state index contributed by atoms with van der Waals surface area (Å²) in [7, 11) is 0. The van der Waals surface area contributed by atoms with Crippen molar-refractivity contribution in [2.24, 2.45) is 5.84 Å². The predicted octanol–water partition coefficient (Wildman–Crippen LogP) is 2.08. The second kappa shape index (κ2) is 5.12. The highest BCUT2D eigenvalue weighted by atomic mass is 35.5. The van der Waals surface area contributed by atoms with Crippen molar-refractivity contribution in [2.45, 2.75) is 12.5 Å². The molecule has 1 atom stereocenters. The molecule has 4 nitrogen and oxygen atoms in total. The van der Waals surface area contributed by atoms with E-state index < -0.39 is 0 Å². The number of pyridine rings is 1. The molecule has 0 saturated carbocycles.